The molecule has 0 atom stereocenters. The summed E-state index contributed by atoms with van der Waals surface area (Å²) in [5, 5.41) is 2.34. The number of halogens is 2. The largest absolute Gasteiger partial charge is 0.462 e. The van der Waals surface area contributed by atoms with Gasteiger partial charge in [0.25, 0.3) is 0 Å². The summed E-state index contributed by atoms with van der Waals surface area (Å²) in [5.41, 5.74) is 3.79. The van der Waals surface area contributed by atoms with E-state index in [1.54, 1.807) is 6.92 Å². The van der Waals surface area contributed by atoms with E-state index < -0.39 is 0 Å². The van der Waals surface area contributed by atoms with E-state index in [2.05, 4.69) is 60.7 Å². The van der Waals surface area contributed by atoms with E-state index >= 15 is 0 Å². The molecule has 0 fully saturated rings. The van der Waals surface area contributed by atoms with Crippen molar-refractivity contribution in [2.24, 2.45) is 0 Å². The highest BCUT2D eigenvalue weighted by molar-refractivity contribution is 9.10. The number of ether oxygens (including phenoxy) is 1. The number of nitrogens with zero attached hydrogens (tertiary/aromatic N) is 1. The van der Waals surface area contributed by atoms with E-state index in [1.165, 1.54) is 10.8 Å². The minimum atomic E-state index is -0.297. The van der Waals surface area contributed by atoms with Crippen molar-refractivity contribution < 1.29 is 9.53 Å². The maximum atomic E-state index is 11.9. The van der Waals surface area contributed by atoms with Crippen molar-refractivity contribution in [2.75, 3.05) is 6.61 Å². The molecule has 0 bridgehead atoms. The third-order valence-electron chi connectivity index (χ3n) is 4.33. The van der Waals surface area contributed by atoms with Gasteiger partial charge in [-0.1, -0.05) is 31.9 Å². The predicted molar refractivity (Wildman–Crippen MR) is 112 cm³/mol. The van der Waals surface area contributed by atoms with Gasteiger partial charge in [0, 0.05) is 25.4 Å². The number of carbonyl (C=O) groups is 1. The number of esters is 1. The first-order valence-electron chi connectivity index (χ1n) is 8.25. The molecule has 1 heterocycles. The fourth-order valence-electron chi connectivity index (χ4n) is 3.21. The molecule has 0 aliphatic carbocycles. The van der Waals surface area contributed by atoms with Gasteiger partial charge in [-0.15, -0.1) is 0 Å². The SMILES string of the molecule is CCOC(=O)c1ccc(-n2c3ccc(Br)cc3c3cc(Br)ccc32)cc1. The minimum Gasteiger partial charge on any atom is -0.462 e. The first-order chi connectivity index (χ1) is 12.6. The van der Waals surface area contributed by atoms with Crippen LogP contribution in [0.1, 0.15) is 17.3 Å². The van der Waals surface area contributed by atoms with E-state index in [4.69, 9.17) is 4.74 Å². The monoisotopic (exact) mass is 471 g/mol. The lowest BCUT2D eigenvalue weighted by Crippen LogP contribution is -2.04. The number of carbonyl (C=O) groups excluding carboxylic acids is 1. The zero-order valence-electron chi connectivity index (χ0n) is 14.0. The summed E-state index contributed by atoms with van der Waals surface area (Å²) in [6.45, 7) is 2.18. The molecule has 0 radical (unpaired) electrons. The topological polar surface area (TPSA) is 31.2 Å². The van der Waals surface area contributed by atoms with Crippen LogP contribution in [0.4, 0.5) is 0 Å². The molecule has 0 aliphatic rings. The summed E-state index contributed by atoms with van der Waals surface area (Å²) in [6, 6.07) is 20.1. The highest BCUT2D eigenvalue weighted by Gasteiger charge is 2.14. The first kappa shape index (κ1) is 17.3. The van der Waals surface area contributed by atoms with Crippen LogP contribution in [0.2, 0.25) is 0 Å². The molecular weight excluding hydrogens is 458 g/mol. The van der Waals surface area contributed by atoms with Crippen molar-refractivity contribution in [3.05, 3.63) is 75.2 Å². The fraction of sp³-hybridized carbons (Fsp3) is 0.0952. The smallest absolute Gasteiger partial charge is 0.338 e. The molecule has 4 aromatic rings. The lowest BCUT2D eigenvalue weighted by molar-refractivity contribution is 0.0526. The zero-order valence-corrected chi connectivity index (χ0v) is 17.2. The summed E-state index contributed by atoms with van der Waals surface area (Å²) >= 11 is 7.14. The number of rotatable bonds is 3. The molecule has 130 valence electrons. The van der Waals surface area contributed by atoms with Crippen LogP contribution in [0.25, 0.3) is 27.5 Å². The van der Waals surface area contributed by atoms with Gasteiger partial charge in [0.1, 0.15) is 0 Å². The van der Waals surface area contributed by atoms with Crippen LogP contribution in [0.3, 0.4) is 0 Å². The van der Waals surface area contributed by atoms with Gasteiger partial charge in [0.2, 0.25) is 0 Å². The van der Waals surface area contributed by atoms with Gasteiger partial charge < -0.3 is 9.30 Å². The molecule has 26 heavy (non-hydrogen) atoms. The molecule has 0 saturated carbocycles. The third-order valence-corrected chi connectivity index (χ3v) is 5.31. The molecule has 0 spiro atoms. The minimum absolute atomic E-state index is 0.297. The van der Waals surface area contributed by atoms with Gasteiger partial charge in [0.15, 0.2) is 0 Å². The second-order valence-electron chi connectivity index (χ2n) is 5.93. The summed E-state index contributed by atoms with van der Waals surface area (Å²) in [4.78, 5) is 11.9. The van der Waals surface area contributed by atoms with Gasteiger partial charge in [-0.25, -0.2) is 4.79 Å². The average molecular weight is 473 g/mol. The summed E-state index contributed by atoms with van der Waals surface area (Å²) in [5.74, 6) is -0.297. The Kier molecular flexibility index (Phi) is 4.59. The second kappa shape index (κ2) is 6.89. The molecule has 3 aromatic carbocycles. The van der Waals surface area contributed by atoms with E-state index in [0.717, 1.165) is 25.7 Å². The van der Waals surface area contributed by atoms with Crippen molar-refractivity contribution in [1.29, 1.82) is 0 Å². The fourth-order valence-corrected chi connectivity index (χ4v) is 3.93. The van der Waals surface area contributed by atoms with E-state index in [0.29, 0.717) is 12.2 Å². The van der Waals surface area contributed by atoms with E-state index in [9.17, 15) is 4.79 Å². The Bertz CT molecular complexity index is 1070. The average Bonchev–Trinajstić information content (AvgIpc) is 2.95. The van der Waals surface area contributed by atoms with Crippen LogP contribution < -0.4 is 0 Å². The van der Waals surface area contributed by atoms with Gasteiger partial charge in [-0.2, -0.15) is 0 Å². The first-order valence-corrected chi connectivity index (χ1v) is 9.84. The Morgan fingerprint density at radius 2 is 1.42 bits per heavy atom. The van der Waals surface area contributed by atoms with Gasteiger partial charge >= 0.3 is 5.97 Å². The lowest BCUT2D eigenvalue weighted by Gasteiger charge is -2.09. The van der Waals surface area contributed by atoms with Gasteiger partial charge in [-0.3, -0.25) is 0 Å². The number of hydrogen-bond acceptors (Lipinski definition) is 2. The van der Waals surface area contributed by atoms with Crippen LogP contribution in [-0.4, -0.2) is 17.1 Å². The quantitative estimate of drug-likeness (QED) is 0.319. The molecule has 1 aromatic heterocycles. The van der Waals surface area contributed by atoms with Gasteiger partial charge in [0.05, 0.1) is 23.2 Å². The number of hydrogen-bond donors (Lipinski definition) is 0. The molecule has 0 amide bonds. The standard InChI is InChI=1S/C21H15Br2NO2/c1-2-26-21(25)13-3-7-16(8-4-13)24-19-9-5-14(22)11-17(19)18-12-15(23)6-10-20(18)24/h3-12H,2H2,1H3. The van der Waals surface area contributed by atoms with Crippen LogP contribution in [-0.2, 0) is 4.74 Å². The Morgan fingerprint density at radius 1 is 0.885 bits per heavy atom. The van der Waals surface area contributed by atoms with Crippen LogP contribution in [0.15, 0.2) is 69.6 Å². The van der Waals surface area contributed by atoms with Crippen molar-refractivity contribution in [3.63, 3.8) is 0 Å². The molecular formula is C21H15Br2NO2. The lowest BCUT2D eigenvalue weighted by atomic mass is 10.2. The van der Waals surface area contributed by atoms with Crippen molar-refractivity contribution in [3.8, 4) is 5.69 Å². The summed E-state index contributed by atoms with van der Waals surface area (Å²) in [6.07, 6.45) is 0. The Hall–Kier alpha value is -2.11. The van der Waals surface area contributed by atoms with Crippen LogP contribution in [0.5, 0.6) is 0 Å². The third kappa shape index (κ3) is 2.95. The molecule has 3 nitrogen and oxygen atoms in total. The Morgan fingerprint density at radius 3 is 1.92 bits per heavy atom. The van der Waals surface area contributed by atoms with Crippen molar-refractivity contribution in [2.45, 2.75) is 6.92 Å². The summed E-state index contributed by atoms with van der Waals surface area (Å²) < 4.78 is 9.36. The van der Waals surface area contributed by atoms with Crippen molar-refractivity contribution in [1.82, 2.24) is 4.57 Å². The Labute approximate surface area is 167 Å². The molecule has 0 saturated heterocycles. The predicted octanol–water partition coefficient (Wildman–Crippen LogP) is 6.49. The molecule has 0 aliphatic heterocycles. The molecule has 5 heteroatoms. The van der Waals surface area contributed by atoms with Crippen LogP contribution >= 0.6 is 31.9 Å². The van der Waals surface area contributed by atoms with Crippen LogP contribution in [0, 0.1) is 0 Å². The van der Waals surface area contributed by atoms with E-state index in [-0.39, 0.29) is 5.97 Å². The molecule has 4 rings (SSSR count). The maximum Gasteiger partial charge on any atom is 0.338 e. The van der Waals surface area contributed by atoms with Crippen molar-refractivity contribution >= 4 is 59.6 Å². The number of fused-ring (bicyclic) bond motifs is 3. The zero-order chi connectivity index (χ0) is 18.3. The molecule has 0 unspecified atom stereocenters. The second-order valence-corrected chi connectivity index (χ2v) is 7.76. The summed E-state index contributed by atoms with van der Waals surface area (Å²) in [7, 11) is 0. The van der Waals surface area contributed by atoms with E-state index in [1.807, 2.05) is 36.4 Å². The van der Waals surface area contributed by atoms with Gasteiger partial charge in [-0.05, 0) is 67.6 Å². The maximum absolute atomic E-state index is 11.9. The normalized spacial score (nSPS) is 11.2. The number of aromatic nitrogens is 1. The number of benzene rings is 3. The Balaban J connectivity index is 1.94. The highest BCUT2D eigenvalue weighted by Crippen LogP contribution is 2.35. The highest BCUT2D eigenvalue weighted by atomic mass is 79.9. The molecule has 0 N–H and O–H groups in total.